The molecule has 0 heterocycles. The van der Waals surface area contributed by atoms with Gasteiger partial charge in [-0.25, -0.2) is 4.39 Å². The molecule has 0 amide bonds. The van der Waals surface area contributed by atoms with Gasteiger partial charge in [0.2, 0.25) is 0 Å². The first-order valence-corrected chi connectivity index (χ1v) is 11.0. The first-order valence-electron chi connectivity index (χ1n) is 9.57. The zero-order valence-corrected chi connectivity index (χ0v) is 18.7. The first kappa shape index (κ1) is 34.7. The van der Waals surface area contributed by atoms with Gasteiger partial charge in [-0.3, -0.25) is 4.55 Å². The summed E-state index contributed by atoms with van der Waals surface area (Å²) in [5, 5.41) is -4.22. The van der Waals surface area contributed by atoms with Crippen molar-refractivity contribution in [3.05, 3.63) is 25.3 Å². The van der Waals surface area contributed by atoms with E-state index in [9.17, 15) is 56.7 Å². The number of halogens is 11. The Morgan fingerprint density at radius 1 is 0.824 bits per heavy atom. The van der Waals surface area contributed by atoms with E-state index < -0.39 is 58.1 Å². The number of nitrogens with one attached hydrogen (secondary N) is 1. The molecule has 204 valence electrons. The second kappa shape index (κ2) is 13.0. The van der Waals surface area contributed by atoms with E-state index in [0.29, 0.717) is 12.8 Å². The van der Waals surface area contributed by atoms with E-state index in [4.69, 9.17) is 4.55 Å². The second-order valence-electron chi connectivity index (χ2n) is 6.89. The lowest BCUT2D eigenvalue weighted by atomic mass is 9.93. The smallest absolute Gasteiger partial charge is 0.310 e. The van der Waals surface area contributed by atoms with Gasteiger partial charge in [-0.2, -0.15) is 52.3 Å². The van der Waals surface area contributed by atoms with Crippen molar-refractivity contribution in [2.24, 2.45) is 0 Å². The number of hydrogen-bond acceptors (Lipinski definition) is 3. The monoisotopic (exact) mass is 545 g/mol. The van der Waals surface area contributed by atoms with Gasteiger partial charge in [0.15, 0.2) is 6.17 Å². The first-order chi connectivity index (χ1) is 15.1. The predicted octanol–water partition coefficient (Wildman–Crippen LogP) is 6.26. The summed E-state index contributed by atoms with van der Waals surface area (Å²) in [5.41, 5.74) is 0. The van der Waals surface area contributed by atoms with Gasteiger partial charge in [0.25, 0.3) is 0 Å². The molecule has 34 heavy (non-hydrogen) atoms. The quantitative estimate of drug-likeness (QED) is 0.110. The van der Waals surface area contributed by atoms with Gasteiger partial charge >= 0.3 is 39.1 Å². The molecule has 4 nitrogen and oxygen atoms in total. The molecule has 0 aliphatic rings. The highest BCUT2D eigenvalue weighted by Gasteiger charge is 2.89. The normalized spacial score (nSPS) is 14.7. The van der Waals surface area contributed by atoms with E-state index in [1.807, 2.05) is 12.2 Å². The van der Waals surface area contributed by atoms with Crippen LogP contribution >= 0.6 is 0 Å². The Morgan fingerprint density at radius 2 is 1.26 bits per heavy atom. The van der Waals surface area contributed by atoms with E-state index >= 15 is 0 Å². The molecule has 0 bridgehead atoms. The van der Waals surface area contributed by atoms with Crippen molar-refractivity contribution in [3.8, 4) is 0 Å². The maximum atomic E-state index is 13.4. The SMILES string of the molecule is C=CCNCC=C.CCCCCCC(F)C(F)(F)C(F)(F)C(F)(F)C(F)(F)C(F)(F)S(=O)(=O)O. The molecule has 0 fully saturated rings. The molecule has 0 saturated carbocycles. The van der Waals surface area contributed by atoms with Crippen molar-refractivity contribution in [3.63, 3.8) is 0 Å². The van der Waals surface area contributed by atoms with Gasteiger partial charge in [0, 0.05) is 13.1 Å². The number of alkyl halides is 11. The van der Waals surface area contributed by atoms with Crippen LogP contribution < -0.4 is 5.32 Å². The fourth-order valence-corrected chi connectivity index (χ4v) is 2.62. The largest absolute Gasteiger partial charge is 0.438 e. The molecule has 16 heteroatoms. The van der Waals surface area contributed by atoms with Crippen molar-refractivity contribution >= 4 is 10.1 Å². The van der Waals surface area contributed by atoms with E-state index in [2.05, 4.69) is 18.5 Å². The van der Waals surface area contributed by atoms with Gasteiger partial charge in [0.1, 0.15) is 0 Å². The fraction of sp³-hybridized carbons (Fsp3) is 0.778. The third kappa shape index (κ3) is 7.54. The summed E-state index contributed by atoms with van der Waals surface area (Å²) in [7, 11) is -7.43. The van der Waals surface area contributed by atoms with Gasteiger partial charge in [0.05, 0.1) is 0 Å². The van der Waals surface area contributed by atoms with Crippen LogP contribution in [0.3, 0.4) is 0 Å². The minimum atomic E-state index is -7.75. The Balaban J connectivity index is 0. The van der Waals surface area contributed by atoms with Crippen molar-refractivity contribution < 1.29 is 61.3 Å². The summed E-state index contributed by atoms with van der Waals surface area (Å²) in [6, 6.07) is 0. The molecular weight excluding hydrogens is 519 g/mol. The fourth-order valence-electron chi connectivity index (χ4n) is 2.17. The molecule has 1 atom stereocenters. The Hall–Kier alpha value is -1.42. The number of rotatable bonds is 15. The third-order valence-electron chi connectivity index (χ3n) is 4.18. The third-order valence-corrected chi connectivity index (χ3v) is 5.08. The van der Waals surface area contributed by atoms with Crippen LogP contribution in [0, 0.1) is 0 Å². The van der Waals surface area contributed by atoms with Crippen molar-refractivity contribution in [1.82, 2.24) is 5.32 Å². The molecular formula is C18H26F11NO3S. The minimum absolute atomic E-state index is 0.00590. The van der Waals surface area contributed by atoms with Gasteiger partial charge < -0.3 is 5.32 Å². The maximum absolute atomic E-state index is 13.4. The summed E-state index contributed by atoms with van der Waals surface area (Å²) in [6.45, 7) is 10.4. The van der Waals surface area contributed by atoms with Crippen LogP contribution in [0.4, 0.5) is 48.3 Å². The summed E-state index contributed by atoms with van der Waals surface area (Å²) in [4.78, 5) is 0. The molecule has 0 aromatic heterocycles. The van der Waals surface area contributed by atoms with Crippen LogP contribution in [0.5, 0.6) is 0 Å². The van der Waals surface area contributed by atoms with E-state index in [1.54, 1.807) is 6.92 Å². The number of hydrogen-bond donors (Lipinski definition) is 2. The number of unbranched alkanes of at least 4 members (excludes halogenated alkanes) is 3. The molecule has 0 aromatic rings. The van der Waals surface area contributed by atoms with Crippen LogP contribution in [-0.2, 0) is 10.1 Å². The van der Waals surface area contributed by atoms with Crippen molar-refractivity contribution in [1.29, 1.82) is 0 Å². The molecule has 0 rings (SSSR count). The summed E-state index contributed by atoms with van der Waals surface area (Å²) < 4.78 is 174. The highest BCUT2D eigenvalue weighted by molar-refractivity contribution is 7.87. The summed E-state index contributed by atoms with van der Waals surface area (Å²) >= 11 is 0. The van der Waals surface area contributed by atoms with Crippen molar-refractivity contribution in [2.45, 2.75) is 74.1 Å². The molecule has 1 unspecified atom stereocenters. The van der Waals surface area contributed by atoms with E-state index in [1.165, 1.54) is 0 Å². The predicted molar refractivity (Wildman–Crippen MR) is 103 cm³/mol. The molecule has 0 spiro atoms. The zero-order valence-electron chi connectivity index (χ0n) is 17.9. The lowest BCUT2D eigenvalue weighted by molar-refractivity contribution is -0.397. The van der Waals surface area contributed by atoms with E-state index in [-0.39, 0.29) is 6.42 Å². The molecule has 2 N–H and O–H groups in total. The van der Waals surface area contributed by atoms with Crippen LogP contribution in [0.15, 0.2) is 25.3 Å². The van der Waals surface area contributed by atoms with Crippen molar-refractivity contribution in [2.75, 3.05) is 13.1 Å². The molecule has 0 saturated heterocycles. The van der Waals surface area contributed by atoms with Crippen LogP contribution in [0.2, 0.25) is 0 Å². The van der Waals surface area contributed by atoms with E-state index in [0.717, 1.165) is 13.1 Å². The molecule has 0 aliphatic carbocycles. The average molecular weight is 545 g/mol. The van der Waals surface area contributed by atoms with Crippen LogP contribution in [0.25, 0.3) is 0 Å². The highest BCUT2D eigenvalue weighted by atomic mass is 32.2. The highest BCUT2D eigenvalue weighted by Crippen LogP contribution is 2.59. The Bertz CT molecular complexity index is 735. The van der Waals surface area contributed by atoms with Gasteiger partial charge in [-0.15, -0.1) is 13.2 Å². The molecule has 0 aliphatic heterocycles. The Labute approximate surface area is 190 Å². The molecule has 0 aromatic carbocycles. The van der Waals surface area contributed by atoms with Gasteiger partial charge in [-0.1, -0.05) is 44.8 Å². The lowest BCUT2D eigenvalue weighted by Gasteiger charge is -2.39. The van der Waals surface area contributed by atoms with Gasteiger partial charge in [-0.05, 0) is 6.42 Å². The average Bonchev–Trinajstić information content (AvgIpc) is 2.70. The minimum Gasteiger partial charge on any atom is -0.310 e. The Morgan fingerprint density at radius 3 is 1.62 bits per heavy atom. The van der Waals surface area contributed by atoms with Crippen LogP contribution in [0.1, 0.15) is 39.0 Å². The standard InChI is InChI=1S/C12H15F11O3S.C6H11N/c1-2-3-4-5-6-7(13)8(14,15)9(16,17)10(18,19)11(20,21)12(22,23)27(24,25)26;1-3-5-7-6-4-2/h7H,2-6H2,1H3,(H,24,25,26);3-4,7H,1-2,5-6H2. The Kier molecular flexibility index (Phi) is 13.3. The van der Waals surface area contributed by atoms with Crippen LogP contribution in [-0.4, -0.2) is 61.2 Å². The molecule has 0 radical (unpaired) electrons. The topological polar surface area (TPSA) is 66.4 Å². The second-order valence-corrected chi connectivity index (χ2v) is 8.35. The summed E-state index contributed by atoms with van der Waals surface area (Å²) in [5.74, 6) is -29.4. The zero-order chi connectivity index (χ0) is 27.6. The summed E-state index contributed by atoms with van der Waals surface area (Å²) in [6.07, 6.45) is -1.66. The maximum Gasteiger partial charge on any atom is 0.438 e. The lowest BCUT2D eigenvalue weighted by Crippen LogP contribution is -2.70.